The van der Waals surface area contributed by atoms with Gasteiger partial charge in [-0.05, 0) is 20.0 Å². The first-order valence-electron chi connectivity index (χ1n) is 10.1. The second-order valence-corrected chi connectivity index (χ2v) is 6.98. The molecule has 0 saturated heterocycles. The van der Waals surface area contributed by atoms with E-state index in [1.807, 2.05) is 0 Å². The number of hydrogen-bond acceptors (Lipinski definition) is 2. The van der Waals surface area contributed by atoms with Crippen LogP contribution in [-0.2, 0) is 0 Å². The highest BCUT2D eigenvalue weighted by molar-refractivity contribution is 4.52. The lowest BCUT2D eigenvalue weighted by atomic mass is 10.0. The Hall–Kier alpha value is -0.0800. The van der Waals surface area contributed by atoms with Crippen molar-refractivity contribution < 1.29 is 5.11 Å². The van der Waals surface area contributed by atoms with Crippen molar-refractivity contribution in [2.24, 2.45) is 0 Å². The van der Waals surface area contributed by atoms with Gasteiger partial charge in [0.25, 0.3) is 0 Å². The number of unbranched alkanes of at least 4 members (excludes halogenated alkanes) is 14. The van der Waals surface area contributed by atoms with E-state index in [-0.39, 0.29) is 6.61 Å². The van der Waals surface area contributed by atoms with Gasteiger partial charge in [-0.25, -0.2) is 0 Å². The number of likely N-dealkylation sites (N-methyl/N-ethyl adjacent to an activating group) is 1. The first-order valence-corrected chi connectivity index (χ1v) is 10.1. The summed E-state index contributed by atoms with van der Waals surface area (Å²) in [5.74, 6) is 0. The van der Waals surface area contributed by atoms with E-state index in [4.69, 9.17) is 5.11 Å². The summed E-state index contributed by atoms with van der Waals surface area (Å²) in [6.45, 7) is 4.53. The first-order chi connectivity index (χ1) is 10.8. The Labute approximate surface area is 140 Å². The molecule has 22 heavy (non-hydrogen) atoms. The van der Waals surface area contributed by atoms with E-state index in [1.165, 1.54) is 96.3 Å². The molecule has 0 amide bonds. The number of rotatable bonds is 18. The number of aliphatic hydroxyl groups is 1. The number of nitrogens with zero attached hydrogens (tertiary/aromatic N) is 1. The molecule has 0 heterocycles. The summed E-state index contributed by atoms with van der Waals surface area (Å²) < 4.78 is 0. The van der Waals surface area contributed by atoms with Crippen molar-refractivity contribution in [3.63, 3.8) is 0 Å². The van der Waals surface area contributed by atoms with E-state index in [0.717, 1.165) is 13.1 Å². The van der Waals surface area contributed by atoms with Gasteiger partial charge in [-0.3, -0.25) is 0 Å². The molecule has 1 N–H and O–H groups in total. The van der Waals surface area contributed by atoms with E-state index < -0.39 is 0 Å². The molecule has 2 nitrogen and oxygen atoms in total. The molecule has 0 rings (SSSR count). The van der Waals surface area contributed by atoms with Gasteiger partial charge in [-0.2, -0.15) is 0 Å². The highest BCUT2D eigenvalue weighted by atomic mass is 16.3. The second kappa shape index (κ2) is 19.0. The van der Waals surface area contributed by atoms with Gasteiger partial charge >= 0.3 is 0 Å². The zero-order valence-electron chi connectivity index (χ0n) is 15.6. The molecular weight excluding hydrogens is 270 g/mol. The summed E-state index contributed by atoms with van der Waals surface area (Å²) in [6, 6.07) is 0. The Balaban J connectivity index is 3.00. The fraction of sp³-hybridized carbons (Fsp3) is 1.00. The highest BCUT2D eigenvalue weighted by Crippen LogP contribution is 2.13. The van der Waals surface area contributed by atoms with Gasteiger partial charge in [0.2, 0.25) is 0 Å². The van der Waals surface area contributed by atoms with Crippen molar-refractivity contribution in [3.05, 3.63) is 0 Å². The first kappa shape index (κ1) is 21.9. The van der Waals surface area contributed by atoms with Crippen LogP contribution in [0.25, 0.3) is 0 Å². The average Bonchev–Trinajstić information content (AvgIpc) is 2.51. The van der Waals surface area contributed by atoms with Crippen LogP contribution in [0.15, 0.2) is 0 Å². The standard InChI is InChI=1S/C20H43NO/c1-3-4-5-6-7-8-9-10-11-12-13-14-15-16-17-18-21(2)19-20-22/h22H,3-20H2,1-2H3. The Bertz CT molecular complexity index is 196. The van der Waals surface area contributed by atoms with Gasteiger partial charge in [0.15, 0.2) is 0 Å². The van der Waals surface area contributed by atoms with Gasteiger partial charge in [-0.15, -0.1) is 0 Å². The molecule has 0 spiro atoms. The van der Waals surface area contributed by atoms with Gasteiger partial charge in [0, 0.05) is 6.54 Å². The average molecular weight is 314 g/mol. The Morgan fingerprint density at radius 1 is 0.545 bits per heavy atom. The molecule has 0 aromatic heterocycles. The molecule has 0 saturated carbocycles. The molecular formula is C20H43NO. The van der Waals surface area contributed by atoms with Gasteiger partial charge in [0.1, 0.15) is 0 Å². The van der Waals surface area contributed by atoms with Crippen molar-refractivity contribution in [2.45, 2.75) is 103 Å². The predicted molar refractivity (Wildman–Crippen MR) is 99.5 cm³/mol. The van der Waals surface area contributed by atoms with E-state index in [1.54, 1.807) is 0 Å². The lowest BCUT2D eigenvalue weighted by Crippen LogP contribution is -2.23. The molecule has 0 bridgehead atoms. The molecule has 134 valence electrons. The van der Waals surface area contributed by atoms with Crippen LogP contribution >= 0.6 is 0 Å². The van der Waals surface area contributed by atoms with Gasteiger partial charge in [0.05, 0.1) is 6.61 Å². The zero-order valence-corrected chi connectivity index (χ0v) is 15.6. The molecule has 0 aliphatic heterocycles. The fourth-order valence-electron chi connectivity index (χ4n) is 3.04. The SMILES string of the molecule is CCCCCCCCCCCCCCCCCN(C)CCO. The van der Waals surface area contributed by atoms with E-state index in [9.17, 15) is 0 Å². The third kappa shape index (κ3) is 18.0. The van der Waals surface area contributed by atoms with Crippen molar-refractivity contribution in [1.29, 1.82) is 0 Å². The third-order valence-electron chi connectivity index (χ3n) is 4.63. The topological polar surface area (TPSA) is 23.5 Å². The van der Waals surface area contributed by atoms with Crippen LogP contribution in [0.1, 0.15) is 103 Å². The second-order valence-electron chi connectivity index (χ2n) is 6.98. The minimum atomic E-state index is 0.287. The molecule has 0 fully saturated rings. The molecule has 0 radical (unpaired) electrons. The monoisotopic (exact) mass is 313 g/mol. The lowest BCUT2D eigenvalue weighted by molar-refractivity contribution is 0.219. The normalized spacial score (nSPS) is 11.5. The molecule has 2 heteroatoms. The summed E-state index contributed by atoms with van der Waals surface area (Å²) in [4.78, 5) is 2.22. The molecule has 0 unspecified atom stereocenters. The predicted octanol–water partition coefficient (Wildman–Crippen LogP) is 5.78. The maximum absolute atomic E-state index is 8.82. The van der Waals surface area contributed by atoms with Crippen LogP contribution in [0.5, 0.6) is 0 Å². The smallest absolute Gasteiger partial charge is 0.0558 e. The molecule has 0 atom stereocenters. The van der Waals surface area contributed by atoms with Gasteiger partial charge < -0.3 is 10.0 Å². The molecule has 0 aliphatic carbocycles. The zero-order chi connectivity index (χ0) is 16.3. The molecule has 0 aromatic carbocycles. The Morgan fingerprint density at radius 2 is 0.909 bits per heavy atom. The third-order valence-corrected chi connectivity index (χ3v) is 4.63. The molecule has 0 aromatic rings. The Morgan fingerprint density at radius 3 is 1.27 bits per heavy atom. The van der Waals surface area contributed by atoms with Crippen LogP contribution in [0, 0.1) is 0 Å². The summed E-state index contributed by atoms with van der Waals surface area (Å²) in [5.41, 5.74) is 0. The van der Waals surface area contributed by atoms with Crippen molar-refractivity contribution in [2.75, 3.05) is 26.7 Å². The van der Waals surface area contributed by atoms with E-state index in [2.05, 4.69) is 18.9 Å². The van der Waals surface area contributed by atoms with Crippen molar-refractivity contribution >= 4 is 0 Å². The Kier molecular flexibility index (Phi) is 18.9. The largest absolute Gasteiger partial charge is 0.395 e. The molecule has 0 aliphatic rings. The van der Waals surface area contributed by atoms with Crippen LogP contribution in [0.3, 0.4) is 0 Å². The maximum atomic E-state index is 8.82. The van der Waals surface area contributed by atoms with Crippen LogP contribution in [0.4, 0.5) is 0 Å². The maximum Gasteiger partial charge on any atom is 0.0558 e. The summed E-state index contributed by atoms with van der Waals surface area (Å²) in [6.07, 6.45) is 21.3. The quantitative estimate of drug-likeness (QED) is 0.324. The van der Waals surface area contributed by atoms with Crippen molar-refractivity contribution in [3.8, 4) is 0 Å². The number of aliphatic hydroxyl groups excluding tert-OH is 1. The van der Waals surface area contributed by atoms with Crippen molar-refractivity contribution in [1.82, 2.24) is 4.90 Å². The van der Waals surface area contributed by atoms with Gasteiger partial charge in [-0.1, -0.05) is 96.8 Å². The summed E-state index contributed by atoms with van der Waals surface area (Å²) in [5, 5.41) is 8.82. The fourth-order valence-corrected chi connectivity index (χ4v) is 3.04. The van der Waals surface area contributed by atoms with Crippen LogP contribution < -0.4 is 0 Å². The van der Waals surface area contributed by atoms with Crippen LogP contribution in [0.2, 0.25) is 0 Å². The van der Waals surface area contributed by atoms with E-state index in [0.29, 0.717) is 0 Å². The highest BCUT2D eigenvalue weighted by Gasteiger charge is 1.97. The minimum absolute atomic E-state index is 0.287. The lowest BCUT2D eigenvalue weighted by Gasteiger charge is -2.14. The summed E-state index contributed by atoms with van der Waals surface area (Å²) in [7, 11) is 2.10. The van der Waals surface area contributed by atoms with Crippen LogP contribution in [-0.4, -0.2) is 36.8 Å². The minimum Gasteiger partial charge on any atom is -0.395 e. The number of hydrogen-bond donors (Lipinski definition) is 1. The van der Waals surface area contributed by atoms with E-state index >= 15 is 0 Å². The summed E-state index contributed by atoms with van der Waals surface area (Å²) >= 11 is 0.